The van der Waals surface area contributed by atoms with Crippen LogP contribution in [-0.2, 0) is 22.4 Å². The fourth-order valence-corrected chi connectivity index (χ4v) is 4.96. The number of anilines is 2. The number of para-hydroxylation sites is 2. The second kappa shape index (κ2) is 12.2. The van der Waals surface area contributed by atoms with Crippen molar-refractivity contribution < 1.29 is 19.4 Å². The van der Waals surface area contributed by atoms with Gasteiger partial charge in [-0.05, 0) is 73.1 Å². The Morgan fingerprint density at radius 3 is 2.22 bits per heavy atom. The number of carboxylic acids is 1. The van der Waals surface area contributed by atoms with E-state index in [9.17, 15) is 9.59 Å². The highest BCUT2D eigenvalue weighted by Gasteiger charge is 2.26. The topological polar surface area (TPSA) is 70.1 Å². The lowest BCUT2D eigenvalue weighted by atomic mass is 9.83. The third-order valence-electron chi connectivity index (χ3n) is 6.65. The largest absolute Gasteiger partial charge is 0.482 e. The molecule has 0 saturated carbocycles. The highest BCUT2D eigenvalue weighted by Crippen LogP contribution is 2.33. The number of ether oxygens (including phenoxy) is 1. The van der Waals surface area contributed by atoms with Crippen LogP contribution in [0.15, 0.2) is 78.9 Å². The molecule has 1 aliphatic carbocycles. The molecule has 0 radical (unpaired) electrons. The minimum atomic E-state index is -0.977. The van der Waals surface area contributed by atoms with Gasteiger partial charge in [0, 0.05) is 24.5 Å². The van der Waals surface area contributed by atoms with Gasteiger partial charge in [-0.1, -0.05) is 55.5 Å². The molecule has 188 valence electrons. The second-order valence-electron chi connectivity index (χ2n) is 9.28. The summed E-state index contributed by atoms with van der Waals surface area (Å²) in [5, 5.41) is 8.96. The molecule has 6 heteroatoms. The molecule has 0 spiro atoms. The summed E-state index contributed by atoms with van der Waals surface area (Å²) in [5.74, 6) is 0.157. The molecule has 0 fully saturated rings. The molecule has 36 heavy (non-hydrogen) atoms. The van der Waals surface area contributed by atoms with Gasteiger partial charge in [0.05, 0.1) is 0 Å². The number of fused-ring (bicyclic) bond motifs is 1. The molecule has 6 nitrogen and oxygen atoms in total. The summed E-state index contributed by atoms with van der Waals surface area (Å²) < 4.78 is 5.52. The molecule has 1 unspecified atom stereocenters. The van der Waals surface area contributed by atoms with Crippen LogP contribution in [0.3, 0.4) is 0 Å². The molecule has 0 bridgehead atoms. The smallest absolute Gasteiger partial charge is 0.341 e. The average Bonchev–Trinajstić information content (AvgIpc) is 2.91. The maximum Gasteiger partial charge on any atom is 0.341 e. The lowest BCUT2D eigenvalue weighted by Crippen LogP contribution is -2.42. The van der Waals surface area contributed by atoms with E-state index in [4.69, 9.17) is 9.84 Å². The quantitative estimate of drug-likeness (QED) is 0.397. The van der Waals surface area contributed by atoms with Crippen LogP contribution in [0.4, 0.5) is 11.4 Å². The van der Waals surface area contributed by atoms with E-state index >= 15 is 0 Å². The Labute approximate surface area is 213 Å². The SMILES string of the molecule is CCCN(CC1CCc2c(cccc2OCC(=O)O)C1)C(=O)CN(c1ccccc1)c1ccccc1. The number of carbonyl (C=O) groups is 2. The predicted octanol–water partition coefficient (Wildman–Crippen LogP) is 5.33. The number of amides is 1. The zero-order valence-electron chi connectivity index (χ0n) is 20.8. The van der Waals surface area contributed by atoms with Gasteiger partial charge >= 0.3 is 5.97 Å². The number of carboxylic acid groups (broad SMARTS) is 1. The van der Waals surface area contributed by atoms with Crippen molar-refractivity contribution in [1.29, 1.82) is 0 Å². The van der Waals surface area contributed by atoms with Crippen molar-refractivity contribution in [2.75, 3.05) is 31.1 Å². The predicted molar refractivity (Wildman–Crippen MR) is 142 cm³/mol. The molecular weight excluding hydrogens is 452 g/mol. The number of carbonyl (C=O) groups excluding carboxylic acids is 1. The number of rotatable bonds is 11. The molecule has 0 aliphatic heterocycles. The Kier molecular flexibility index (Phi) is 8.61. The van der Waals surface area contributed by atoms with Crippen molar-refractivity contribution in [1.82, 2.24) is 4.90 Å². The van der Waals surface area contributed by atoms with Crippen LogP contribution in [0.2, 0.25) is 0 Å². The van der Waals surface area contributed by atoms with E-state index in [0.29, 0.717) is 18.2 Å². The highest BCUT2D eigenvalue weighted by molar-refractivity contribution is 5.84. The van der Waals surface area contributed by atoms with E-state index in [1.165, 1.54) is 5.56 Å². The van der Waals surface area contributed by atoms with Gasteiger partial charge < -0.3 is 19.6 Å². The van der Waals surface area contributed by atoms with E-state index in [1.807, 2.05) is 77.7 Å². The van der Waals surface area contributed by atoms with E-state index in [2.05, 4.69) is 17.9 Å². The fourth-order valence-electron chi connectivity index (χ4n) is 4.96. The van der Waals surface area contributed by atoms with E-state index < -0.39 is 5.97 Å². The zero-order valence-corrected chi connectivity index (χ0v) is 20.8. The summed E-state index contributed by atoms with van der Waals surface area (Å²) in [6.45, 7) is 3.49. The van der Waals surface area contributed by atoms with Gasteiger partial charge in [-0.25, -0.2) is 4.79 Å². The first kappa shape index (κ1) is 25.3. The number of nitrogens with zero attached hydrogens (tertiary/aromatic N) is 2. The van der Waals surface area contributed by atoms with E-state index in [-0.39, 0.29) is 19.1 Å². The lowest BCUT2D eigenvalue weighted by Gasteiger charge is -2.33. The third kappa shape index (κ3) is 6.45. The summed E-state index contributed by atoms with van der Waals surface area (Å²) >= 11 is 0. The van der Waals surface area contributed by atoms with Crippen molar-refractivity contribution in [3.05, 3.63) is 90.0 Å². The monoisotopic (exact) mass is 486 g/mol. The van der Waals surface area contributed by atoms with Crippen molar-refractivity contribution in [2.24, 2.45) is 5.92 Å². The maximum absolute atomic E-state index is 13.6. The highest BCUT2D eigenvalue weighted by atomic mass is 16.5. The van der Waals surface area contributed by atoms with Gasteiger partial charge in [-0.15, -0.1) is 0 Å². The Morgan fingerprint density at radius 2 is 1.61 bits per heavy atom. The molecule has 0 heterocycles. The fraction of sp³-hybridized carbons (Fsp3) is 0.333. The molecule has 0 saturated heterocycles. The van der Waals surface area contributed by atoms with Crippen molar-refractivity contribution >= 4 is 23.3 Å². The number of benzene rings is 3. The zero-order chi connectivity index (χ0) is 25.3. The van der Waals surface area contributed by atoms with Crippen LogP contribution < -0.4 is 9.64 Å². The van der Waals surface area contributed by atoms with Crippen molar-refractivity contribution in [3.8, 4) is 5.75 Å². The Bertz CT molecular complexity index is 1110. The van der Waals surface area contributed by atoms with Gasteiger partial charge in [0.1, 0.15) is 12.3 Å². The van der Waals surface area contributed by atoms with Gasteiger partial charge in [0.2, 0.25) is 5.91 Å². The first-order chi connectivity index (χ1) is 17.5. The van der Waals surface area contributed by atoms with E-state index in [1.54, 1.807) is 0 Å². The van der Waals surface area contributed by atoms with Gasteiger partial charge in [0.25, 0.3) is 0 Å². The lowest BCUT2D eigenvalue weighted by molar-refractivity contribution is -0.139. The molecule has 1 aliphatic rings. The molecule has 1 atom stereocenters. The third-order valence-corrected chi connectivity index (χ3v) is 6.65. The molecule has 1 amide bonds. The molecule has 3 aromatic rings. The van der Waals surface area contributed by atoms with E-state index in [0.717, 1.165) is 49.2 Å². The Balaban J connectivity index is 1.47. The molecule has 1 N–H and O–H groups in total. The second-order valence-corrected chi connectivity index (χ2v) is 9.28. The van der Waals surface area contributed by atoms with Gasteiger partial charge in [0.15, 0.2) is 6.61 Å². The minimum Gasteiger partial charge on any atom is -0.482 e. The summed E-state index contributed by atoms with van der Waals surface area (Å²) in [6.07, 6.45) is 3.52. The summed E-state index contributed by atoms with van der Waals surface area (Å²) in [5.41, 5.74) is 4.28. The van der Waals surface area contributed by atoms with Crippen LogP contribution in [0, 0.1) is 5.92 Å². The summed E-state index contributed by atoms with van der Waals surface area (Å²) in [7, 11) is 0. The first-order valence-corrected chi connectivity index (χ1v) is 12.7. The Morgan fingerprint density at radius 1 is 0.944 bits per heavy atom. The molecule has 0 aromatic heterocycles. The number of hydrogen-bond donors (Lipinski definition) is 1. The van der Waals surface area contributed by atoms with Crippen molar-refractivity contribution in [2.45, 2.75) is 32.6 Å². The minimum absolute atomic E-state index is 0.119. The van der Waals surface area contributed by atoms with Crippen LogP contribution in [0.25, 0.3) is 0 Å². The normalized spacial score (nSPS) is 14.5. The number of hydrogen-bond acceptors (Lipinski definition) is 4. The molecule has 4 rings (SSSR count). The number of aliphatic carboxylic acids is 1. The first-order valence-electron chi connectivity index (χ1n) is 12.7. The average molecular weight is 487 g/mol. The standard InChI is InChI=1S/C30H34N2O4/c1-2-18-31(20-23-16-17-27-24(19-23)10-9-15-28(27)36-22-30(34)35)29(33)21-32(25-11-5-3-6-12-25)26-13-7-4-8-14-26/h3-15,23H,2,16-22H2,1H3,(H,34,35). The molecule has 3 aromatic carbocycles. The maximum atomic E-state index is 13.6. The van der Waals surface area contributed by atoms with Gasteiger partial charge in [-0.2, -0.15) is 0 Å². The molecular formula is C30H34N2O4. The van der Waals surface area contributed by atoms with Gasteiger partial charge in [-0.3, -0.25) is 4.79 Å². The van der Waals surface area contributed by atoms with Crippen LogP contribution >= 0.6 is 0 Å². The van der Waals surface area contributed by atoms with Crippen LogP contribution in [0.1, 0.15) is 30.9 Å². The van der Waals surface area contributed by atoms with Crippen LogP contribution in [0.5, 0.6) is 5.75 Å². The summed E-state index contributed by atoms with van der Waals surface area (Å²) in [4.78, 5) is 28.6. The summed E-state index contributed by atoms with van der Waals surface area (Å²) in [6, 6.07) is 25.9. The van der Waals surface area contributed by atoms with Crippen molar-refractivity contribution in [3.63, 3.8) is 0 Å². The van der Waals surface area contributed by atoms with Crippen LogP contribution in [-0.4, -0.2) is 48.1 Å². The Hall–Kier alpha value is -3.80.